The van der Waals surface area contributed by atoms with E-state index in [9.17, 15) is 18.0 Å². The summed E-state index contributed by atoms with van der Waals surface area (Å²) in [5.74, 6) is 1.48. The van der Waals surface area contributed by atoms with E-state index in [1.54, 1.807) is 24.3 Å². The molecule has 1 N–H and O–H groups in total. The Morgan fingerprint density at radius 3 is 2.52 bits per heavy atom. The Labute approximate surface area is 153 Å². The number of aryl methyl sites for hydroxylation is 1. The molecule has 136 valence electrons. The van der Waals surface area contributed by atoms with Gasteiger partial charge in [0.25, 0.3) is 5.91 Å². The molecule has 0 aliphatic rings. The van der Waals surface area contributed by atoms with Crippen molar-refractivity contribution in [1.82, 2.24) is 9.78 Å². The van der Waals surface area contributed by atoms with Crippen LogP contribution < -0.4 is 5.32 Å². The zero-order valence-electron chi connectivity index (χ0n) is 14.2. The summed E-state index contributed by atoms with van der Waals surface area (Å²) in [5.41, 5.74) is 0.184. The number of alkyl halides is 3. The molecule has 1 aromatic heterocycles. The van der Waals surface area contributed by atoms with E-state index in [-0.39, 0.29) is 5.69 Å². The predicted molar refractivity (Wildman–Crippen MR) is 95.6 cm³/mol. The average Bonchev–Trinajstić information content (AvgIpc) is 3.08. The molecular weight excluding hydrogens is 355 g/mol. The van der Waals surface area contributed by atoms with Gasteiger partial charge in [-0.2, -0.15) is 18.3 Å². The van der Waals surface area contributed by atoms with E-state index in [1.807, 2.05) is 6.92 Å². The molecule has 3 aromatic rings. The van der Waals surface area contributed by atoms with E-state index in [2.05, 4.69) is 16.3 Å². The quantitative estimate of drug-likeness (QED) is 0.694. The van der Waals surface area contributed by atoms with E-state index in [0.717, 1.165) is 11.8 Å². The Morgan fingerprint density at radius 2 is 1.89 bits per heavy atom. The molecule has 3 rings (SSSR count). The minimum absolute atomic E-state index is 0.210. The summed E-state index contributed by atoms with van der Waals surface area (Å²) in [4.78, 5) is 12.5. The van der Waals surface area contributed by atoms with Crippen molar-refractivity contribution < 1.29 is 18.0 Å². The van der Waals surface area contributed by atoms with Crippen molar-refractivity contribution in [2.24, 2.45) is 0 Å². The predicted octanol–water partition coefficient (Wildman–Crippen LogP) is 4.43. The van der Waals surface area contributed by atoms with Crippen LogP contribution in [0.4, 0.5) is 18.9 Å². The Morgan fingerprint density at radius 1 is 1.19 bits per heavy atom. The average molecular weight is 369 g/mol. The third kappa shape index (κ3) is 3.85. The van der Waals surface area contributed by atoms with Crippen molar-refractivity contribution in [3.63, 3.8) is 0 Å². The number of hydrogen-bond donors (Lipinski definition) is 1. The van der Waals surface area contributed by atoms with Crippen LogP contribution in [0.3, 0.4) is 0 Å². The standard InChI is InChI=1S/C20H14F3N3O/c1-3-14-5-4-6-15(11-14)25-19(27)17-12-24-26(18(17)20(21,22)23)16-9-7-13(2)8-10-16/h1,4-12H,2H3,(H,25,27). The molecule has 0 saturated carbocycles. The van der Waals surface area contributed by atoms with Crippen LogP contribution in [0, 0.1) is 19.3 Å². The smallest absolute Gasteiger partial charge is 0.322 e. The number of benzene rings is 2. The van der Waals surface area contributed by atoms with Crippen molar-refractivity contribution in [3.05, 3.63) is 77.1 Å². The first-order valence-electron chi connectivity index (χ1n) is 7.90. The number of carbonyl (C=O) groups excluding carboxylic acids is 1. The number of rotatable bonds is 3. The summed E-state index contributed by atoms with van der Waals surface area (Å²) in [6.45, 7) is 1.82. The van der Waals surface area contributed by atoms with Gasteiger partial charge in [-0.1, -0.05) is 29.7 Å². The number of nitrogens with zero attached hydrogens (tertiary/aromatic N) is 2. The zero-order chi connectivity index (χ0) is 19.6. The highest BCUT2D eigenvalue weighted by molar-refractivity contribution is 6.05. The Kier molecular flexibility index (Phi) is 4.74. The van der Waals surface area contributed by atoms with Gasteiger partial charge in [0.05, 0.1) is 17.4 Å². The Bertz CT molecular complexity index is 1030. The fourth-order valence-electron chi connectivity index (χ4n) is 2.55. The topological polar surface area (TPSA) is 46.9 Å². The lowest BCUT2D eigenvalue weighted by Gasteiger charge is -2.13. The van der Waals surface area contributed by atoms with Gasteiger partial charge in [0.1, 0.15) is 0 Å². The number of anilines is 1. The second kappa shape index (κ2) is 7.00. The molecule has 7 heteroatoms. The molecule has 0 aliphatic carbocycles. The highest BCUT2D eigenvalue weighted by atomic mass is 19.4. The fourth-order valence-corrected chi connectivity index (χ4v) is 2.55. The van der Waals surface area contributed by atoms with Crippen LogP contribution in [0.1, 0.15) is 27.2 Å². The maximum Gasteiger partial charge on any atom is 0.434 e. The molecule has 0 saturated heterocycles. The number of terminal acetylenes is 1. The van der Waals surface area contributed by atoms with Gasteiger partial charge >= 0.3 is 6.18 Å². The van der Waals surface area contributed by atoms with E-state index < -0.39 is 23.3 Å². The van der Waals surface area contributed by atoms with Crippen LogP contribution in [0.5, 0.6) is 0 Å². The number of hydrogen-bond acceptors (Lipinski definition) is 2. The van der Waals surface area contributed by atoms with Crippen LogP contribution in [-0.4, -0.2) is 15.7 Å². The lowest BCUT2D eigenvalue weighted by molar-refractivity contribution is -0.143. The molecule has 0 fully saturated rings. The number of nitrogens with one attached hydrogen (secondary N) is 1. The van der Waals surface area contributed by atoms with E-state index in [4.69, 9.17) is 6.42 Å². The summed E-state index contributed by atoms with van der Waals surface area (Å²) in [5, 5.41) is 6.21. The summed E-state index contributed by atoms with van der Waals surface area (Å²) in [6, 6.07) is 12.6. The number of halogens is 3. The Balaban J connectivity index is 2.01. The minimum atomic E-state index is -4.77. The number of aromatic nitrogens is 2. The summed E-state index contributed by atoms with van der Waals surface area (Å²) >= 11 is 0. The molecule has 0 radical (unpaired) electrons. The van der Waals surface area contributed by atoms with Crippen molar-refractivity contribution in [2.75, 3.05) is 5.32 Å². The molecule has 2 aromatic carbocycles. The largest absolute Gasteiger partial charge is 0.434 e. The molecule has 1 heterocycles. The van der Waals surface area contributed by atoms with E-state index >= 15 is 0 Å². The van der Waals surface area contributed by atoms with Crippen molar-refractivity contribution in [3.8, 4) is 18.0 Å². The van der Waals surface area contributed by atoms with E-state index in [1.165, 1.54) is 24.3 Å². The first-order valence-corrected chi connectivity index (χ1v) is 7.90. The fraction of sp³-hybridized carbons (Fsp3) is 0.100. The second-order valence-electron chi connectivity index (χ2n) is 5.83. The monoisotopic (exact) mass is 369 g/mol. The maximum atomic E-state index is 13.7. The van der Waals surface area contributed by atoms with Gasteiger partial charge < -0.3 is 5.32 Å². The van der Waals surface area contributed by atoms with Gasteiger partial charge in [0.2, 0.25) is 0 Å². The maximum absolute atomic E-state index is 13.7. The van der Waals surface area contributed by atoms with Gasteiger partial charge in [0, 0.05) is 11.3 Å². The molecule has 1 amide bonds. The summed E-state index contributed by atoms with van der Waals surface area (Å²) in [6.07, 6.45) is 1.43. The lowest BCUT2D eigenvalue weighted by Crippen LogP contribution is -2.20. The highest BCUT2D eigenvalue weighted by Gasteiger charge is 2.40. The summed E-state index contributed by atoms with van der Waals surface area (Å²) < 4.78 is 41.7. The van der Waals surface area contributed by atoms with Crippen molar-refractivity contribution >= 4 is 11.6 Å². The molecular formula is C20H14F3N3O. The minimum Gasteiger partial charge on any atom is -0.322 e. The van der Waals surface area contributed by atoms with Gasteiger partial charge in [-0.05, 0) is 37.3 Å². The van der Waals surface area contributed by atoms with Gasteiger partial charge in [-0.25, -0.2) is 4.68 Å². The van der Waals surface area contributed by atoms with Crippen LogP contribution in [0.15, 0.2) is 54.7 Å². The third-order valence-corrected chi connectivity index (χ3v) is 3.85. The zero-order valence-corrected chi connectivity index (χ0v) is 14.2. The van der Waals surface area contributed by atoms with E-state index in [0.29, 0.717) is 15.9 Å². The molecule has 27 heavy (non-hydrogen) atoms. The van der Waals surface area contributed by atoms with Crippen LogP contribution in [0.2, 0.25) is 0 Å². The third-order valence-electron chi connectivity index (χ3n) is 3.85. The number of amides is 1. The highest BCUT2D eigenvalue weighted by Crippen LogP contribution is 2.34. The lowest BCUT2D eigenvalue weighted by atomic mass is 10.1. The van der Waals surface area contributed by atoms with Gasteiger partial charge in [0.15, 0.2) is 5.69 Å². The number of carbonyl (C=O) groups is 1. The second-order valence-corrected chi connectivity index (χ2v) is 5.83. The normalized spacial score (nSPS) is 11.1. The van der Waals surface area contributed by atoms with Crippen molar-refractivity contribution in [1.29, 1.82) is 0 Å². The molecule has 0 aliphatic heterocycles. The summed E-state index contributed by atoms with van der Waals surface area (Å²) in [7, 11) is 0. The van der Waals surface area contributed by atoms with Gasteiger partial charge in [-0.15, -0.1) is 6.42 Å². The van der Waals surface area contributed by atoms with Crippen LogP contribution in [0.25, 0.3) is 5.69 Å². The molecule has 4 nitrogen and oxygen atoms in total. The van der Waals surface area contributed by atoms with Crippen molar-refractivity contribution in [2.45, 2.75) is 13.1 Å². The molecule has 0 spiro atoms. The SMILES string of the molecule is C#Cc1cccc(NC(=O)c2cnn(-c3ccc(C)cc3)c2C(F)(F)F)c1. The van der Waals surface area contributed by atoms with Crippen LogP contribution in [-0.2, 0) is 6.18 Å². The molecule has 0 unspecified atom stereocenters. The Hall–Kier alpha value is -3.53. The van der Waals surface area contributed by atoms with Crippen LogP contribution >= 0.6 is 0 Å². The molecule has 0 atom stereocenters. The van der Waals surface area contributed by atoms with Gasteiger partial charge in [-0.3, -0.25) is 4.79 Å². The molecule has 0 bridgehead atoms. The first kappa shape index (κ1) is 18.3. The first-order chi connectivity index (χ1) is 12.8.